The summed E-state index contributed by atoms with van der Waals surface area (Å²) in [7, 11) is -3.91. The predicted molar refractivity (Wildman–Crippen MR) is 111 cm³/mol. The highest BCUT2D eigenvalue weighted by Gasteiger charge is 2.22. The molecule has 0 bridgehead atoms. The number of aromatic nitrogens is 1. The van der Waals surface area contributed by atoms with Crippen molar-refractivity contribution >= 4 is 26.8 Å². The Hall–Kier alpha value is -3.62. The van der Waals surface area contributed by atoms with Crippen LogP contribution in [0.4, 0.5) is 0 Å². The van der Waals surface area contributed by atoms with Crippen molar-refractivity contribution in [3.05, 3.63) is 95.4 Å². The Morgan fingerprint density at radius 1 is 0.857 bits per heavy atom. The van der Waals surface area contributed by atoms with Crippen LogP contribution < -0.4 is 0 Å². The maximum Gasteiger partial charge on any atom is 0.216 e. The highest BCUT2D eigenvalue weighted by Crippen LogP contribution is 2.33. The molecule has 136 valence electrons. The monoisotopic (exact) mass is 384 g/mol. The Kier molecular flexibility index (Phi) is 4.56. The quantitative estimate of drug-likeness (QED) is 0.493. The molecule has 0 amide bonds. The van der Waals surface area contributed by atoms with Gasteiger partial charge in [0.05, 0.1) is 10.6 Å². The third-order valence-corrected chi connectivity index (χ3v) is 6.22. The number of rotatable bonds is 4. The number of hydrogen-bond donors (Lipinski definition) is 1. The number of aromatic amines is 1. The summed E-state index contributed by atoms with van der Waals surface area (Å²) >= 11 is 0. The van der Waals surface area contributed by atoms with E-state index in [1.54, 1.807) is 18.2 Å². The molecule has 5 heteroatoms. The van der Waals surface area contributed by atoms with Gasteiger partial charge in [0.1, 0.15) is 11.0 Å². The molecule has 4 rings (SSSR count). The number of fused-ring (bicyclic) bond motifs is 1. The average Bonchev–Trinajstić information content (AvgIpc) is 3.11. The molecular weight excluding hydrogens is 368 g/mol. The molecule has 0 spiro atoms. The summed E-state index contributed by atoms with van der Waals surface area (Å²) in [6.07, 6.45) is 1.46. The minimum atomic E-state index is -3.91. The fourth-order valence-corrected chi connectivity index (χ4v) is 4.34. The van der Waals surface area contributed by atoms with Gasteiger partial charge in [-0.25, -0.2) is 8.42 Å². The summed E-state index contributed by atoms with van der Waals surface area (Å²) in [4.78, 5) is 3.16. The van der Waals surface area contributed by atoms with Gasteiger partial charge in [0.2, 0.25) is 9.84 Å². The van der Waals surface area contributed by atoms with Gasteiger partial charge in [-0.3, -0.25) is 0 Å². The fraction of sp³-hybridized carbons (Fsp3) is 0. The van der Waals surface area contributed by atoms with Gasteiger partial charge in [-0.15, -0.1) is 0 Å². The number of para-hydroxylation sites is 1. The third kappa shape index (κ3) is 3.11. The Labute approximate surface area is 163 Å². The molecule has 1 aromatic heterocycles. The molecule has 0 aliphatic heterocycles. The topological polar surface area (TPSA) is 73.7 Å². The second-order valence-corrected chi connectivity index (χ2v) is 8.18. The van der Waals surface area contributed by atoms with E-state index in [1.807, 2.05) is 60.7 Å². The lowest BCUT2D eigenvalue weighted by Crippen LogP contribution is -2.03. The maximum atomic E-state index is 13.0. The van der Waals surface area contributed by atoms with Gasteiger partial charge in [0.25, 0.3) is 0 Å². The Balaban J connectivity index is 1.97. The zero-order valence-electron chi connectivity index (χ0n) is 14.8. The summed E-state index contributed by atoms with van der Waals surface area (Å²) in [5.74, 6) is 0. The van der Waals surface area contributed by atoms with E-state index in [2.05, 4.69) is 4.98 Å². The van der Waals surface area contributed by atoms with Crippen molar-refractivity contribution in [1.82, 2.24) is 4.98 Å². The summed E-state index contributed by atoms with van der Waals surface area (Å²) < 4.78 is 25.9. The number of nitrogens with one attached hydrogen (secondary N) is 1. The van der Waals surface area contributed by atoms with Crippen molar-refractivity contribution in [1.29, 1.82) is 5.26 Å². The zero-order chi connectivity index (χ0) is 19.6. The first-order valence-corrected chi connectivity index (χ1v) is 10.2. The normalized spacial score (nSPS) is 12.0. The maximum absolute atomic E-state index is 13.0. The van der Waals surface area contributed by atoms with Gasteiger partial charge in [-0.05, 0) is 29.8 Å². The molecule has 4 nitrogen and oxygen atoms in total. The van der Waals surface area contributed by atoms with Crippen molar-refractivity contribution in [3.8, 4) is 17.3 Å². The number of sulfone groups is 1. The Morgan fingerprint density at radius 3 is 2.14 bits per heavy atom. The summed E-state index contributed by atoms with van der Waals surface area (Å²) in [6.45, 7) is 0. The smallest absolute Gasteiger partial charge is 0.216 e. The molecule has 0 aliphatic carbocycles. The average molecular weight is 384 g/mol. The Morgan fingerprint density at radius 2 is 1.46 bits per heavy atom. The molecule has 4 aromatic rings. The van der Waals surface area contributed by atoms with E-state index in [4.69, 9.17) is 0 Å². The lowest BCUT2D eigenvalue weighted by Gasteiger charge is -2.05. The molecule has 0 atom stereocenters. The van der Waals surface area contributed by atoms with Crippen LogP contribution in [0.1, 0.15) is 5.56 Å². The second-order valence-electron chi connectivity index (χ2n) is 6.26. The number of benzene rings is 3. The zero-order valence-corrected chi connectivity index (χ0v) is 15.6. The van der Waals surface area contributed by atoms with Gasteiger partial charge in [-0.1, -0.05) is 66.7 Å². The van der Waals surface area contributed by atoms with Crippen molar-refractivity contribution in [2.24, 2.45) is 0 Å². The first kappa shape index (κ1) is 17.8. The van der Waals surface area contributed by atoms with Crippen molar-refractivity contribution in [2.45, 2.75) is 4.90 Å². The minimum Gasteiger partial charge on any atom is -0.354 e. The van der Waals surface area contributed by atoms with Crippen LogP contribution in [0.3, 0.4) is 0 Å². The van der Waals surface area contributed by atoms with E-state index in [0.29, 0.717) is 5.56 Å². The number of nitriles is 1. The van der Waals surface area contributed by atoms with Gasteiger partial charge in [0.15, 0.2) is 0 Å². The van der Waals surface area contributed by atoms with E-state index in [9.17, 15) is 13.7 Å². The van der Waals surface area contributed by atoms with Gasteiger partial charge >= 0.3 is 0 Å². The molecule has 0 saturated carbocycles. The van der Waals surface area contributed by atoms with Crippen molar-refractivity contribution in [3.63, 3.8) is 0 Å². The Bertz CT molecular complexity index is 1310. The van der Waals surface area contributed by atoms with Crippen LogP contribution in [0, 0.1) is 11.3 Å². The van der Waals surface area contributed by atoms with E-state index in [1.165, 1.54) is 18.2 Å². The first-order chi connectivity index (χ1) is 13.6. The molecule has 0 radical (unpaired) electrons. The van der Waals surface area contributed by atoms with Crippen LogP contribution in [0.5, 0.6) is 0 Å². The molecule has 0 aliphatic rings. The number of hydrogen-bond acceptors (Lipinski definition) is 3. The highest BCUT2D eigenvalue weighted by molar-refractivity contribution is 7.95. The van der Waals surface area contributed by atoms with Gasteiger partial charge in [0, 0.05) is 16.5 Å². The lowest BCUT2D eigenvalue weighted by molar-refractivity contribution is 0.603. The van der Waals surface area contributed by atoms with E-state index in [0.717, 1.165) is 22.2 Å². The van der Waals surface area contributed by atoms with Gasteiger partial charge < -0.3 is 4.98 Å². The SMILES string of the molecule is N#C/C(=C/c1c(-c2ccccc2)[nH]c2ccccc12)S(=O)(=O)c1ccccc1. The minimum absolute atomic E-state index is 0.101. The largest absolute Gasteiger partial charge is 0.354 e. The van der Waals surface area contributed by atoms with E-state index < -0.39 is 9.84 Å². The van der Waals surface area contributed by atoms with Crippen LogP contribution in [-0.4, -0.2) is 13.4 Å². The number of nitrogens with zero attached hydrogens (tertiary/aromatic N) is 1. The van der Waals surface area contributed by atoms with E-state index in [-0.39, 0.29) is 9.80 Å². The van der Waals surface area contributed by atoms with Gasteiger partial charge in [-0.2, -0.15) is 5.26 Å². The second kappa shape index (κ2) is 7.18. The fourth-order valence-electron chi connectivity index (χ4n) is 3.17. The van der Waals surface area contributed by atoms with Crippen LogP contribution in [-0.2, 0) is 9.84 Å². The van der Waals surface area contributed by atoms with Crippen LogP contribution >= 0.6 is 0 Å². The predicted octanol–water partition coefficient (Wildman–Crippen LogP) is 5.17. The molecule has 0 unspecified atom stereocenters. The van der Waals surface area contributed by atoms with Crippen LogP contribution in [0.25, 0.3) is 28.2 Å². The lowest BCUT2D eigenvalue weighted by atomic mass is 10.0. The number of allylic oxidation sites excluding steroid dienone is 1. The van der Waals surface area contributed by atoms with Crippen molar-refractivity contribution < 1.29 is 8.42 Å². The van der Waals surface area contributed by atoms with E-state index >= 15 is 0 Å². The molecule has 3 aromatic carbocycles. The summed E-state index contributed by atoms with van der Waals surface area (Å²) in [5, 5.41) is 10.5. The summed E-state index contributed by atoms with van der Waals surface area (Å²) in [6, 6.07) is 27.2. The standard InChI is InChI=1S/C23H16N2O2S/c24-16-19(28(26,27)18-11-5-2-6-12-18)15-21-20-13-7-8-14-22(20)25-23(21)17-9-3-1-4-10-17/h1-15,25H/b19-15-. The molecule has 0 fully saturated rings. The third-order valence-electron chi connectivity index (χ3n) is 4.54. The first-order valence-electron chi connectivity index (χ1n) is 8.69. The highest BCUT2D eigenvalue weighted by atomic mass is 32.2. The molecule has 28 heavy (non-hydrogen) atoms. The molecule has 1 N–H and O–H groups in total. The molecular formula is C23H16N2O2S. The van der Waals surface area contributed by atoms with Crippen LogP contribution in [0.2, 0.25) is 0 Å². The molecule has 1 heterocycles. The summed E-state index contributed by atoms with van der Waals surface area (Å²) in [5.41, 5.74) is 3.25. The molecule has 0 saturated heterocycles. The van der Waals surface area contributed by atoms with Crippen molar-refractivity contribution in [2.75, 3.05) is 0 Å². The van der Waals surface area contributed by atoms with Crippen LogP contribution in [0.15, 0.2) is 94.7 Å². The number of H-pyrrole nitrogens is 1.